The minimum atomic E-state index is 0.199. The zero-order valence-corrected chi connectivity index (χ0v) is 12.7. The summed E-state index contributed by atoms with van der Waals surface area (Å²) in [4.78, 5) is 0. The zero-order valence-electron chi connectivity index (χ0n) is 12.7. The Hall–Kier alpha value is -1.81. The van der Waals surface area contributed by atoms with Crippen molar-refractivity contribution in [3.63, 3.8) is 0 Å². The first-order valence-electron chi connectivity index (χ1n) is 7.00. The van der Waals surface area contributed by atoms with Gasteiger partial charge in [0.05, 0.1) is 25.0 Å². The number of benzene rings is 1. The van der Waals surface area contributed by atoms with Gasteiger partial charge in [0.2, 0.25) is 0 Å². The van der Waals surface area contributed by atoms with Crippen molar-refractivity contribution in [3.05, 3.63) is 47.3 Å². The number of aromatic nitrogens is 2. The highest BCUT2D eigenvalue weighted by atomic mass is 16.5. The van der Waals surface area contributed by atoms with Crippen LogP contribution in [0.4, 0.5) is 0 Å². The van der Waals surface area contributed by atoms with Crippen molar-refractivity contribution in [2.45, 2.75) is 26.3 Å². The maximum Gasteiger partial charge on any atom is 0.161 e. The van der Waals surface area contributed by atoms with E-state index >= 15 is 0 Å². The molecule has 1 atom stereocenters. The number of aryl methyl sites for hydroxylation is 2. The Morgan fingerprint density at radius 3 is 2.60 bits per heavy atom. The van der Waals surface area contributed by atoms with E-state index in [2.05, 4.69) is 48.5 Å². The molecule has 0 fully saturated rings. The van der Waals surface area contributed by atoms with Crippen LogP contribution in [0.1, 0.15) is 29.8 Å². The average Bonchev–Trinajstić information content (AvgIpc) is 2.82. The van der Waals surface area contributed by atoms with Gasteiger partial charge in [0.25, 0.3) is 0 Å². The highest BCUT2D eigenvalue weighted by Gasteiger charge is 2.20. The van der Waals surface area contributed by atoms with E-state index in [-0.39, 0.29) is 6.04 Å². The third kappa shape index (κ3) is 3.20. The summed E-state index contributed by atoms with van der Waals surface area (Å²) in [5.41, 5.74) is 3.69. The van der Waals surface area contributed by atoms with Crippen LogP contribution in [0.5, 0.6) is 5.75 Å². The van der Waals surface area contributed by atoms with Crippen molar-refractivity contribution in [2.75, 3.05) is 13.7 Å². The Balaban J connectivity index is 2.26. The largest absolute Gasteiger partial charge is 0.493 e. The predicted octanol–water partition coefficient (Wildman–Crippen LogP) is 2.63. The Labute approximate surface area is 120 Å². The van der Waals surface area contributed by atoms with Gasteiger partial charge in [-0.25, -0.2) is 0 Å². The fraction of sp³-hybridized carbons (Fsp3) is 0.438. The van der Waals surface area contributed by atoms with E-state index < -0.39 is 0 Å². The number of ether oxygens (including phenoxy) is 1. The summed E-state index contributed by atoms with van der Waals surface area (Å²) >= 11 is 0. The van der Waals surface area contributed by atoms with Crippen molar-refractivity contribution >= 4 is 0 Å². The lowest BCUT2D eigenvalue weighted by atomic mass is 10.0. The van der Waals surface area contributed by atoms with E-state index in [1.54, 1.807) is 13.3 Å². The van der Waals surface area contributed by atoms with Gasteiger partial charge in [-0.3, -0.25) is 4.68 Å². The SMILES string of the molecule is CCNC(Cc1ccc(C)cc1)c1c(OC)cnn1C. The van der Waals surface area contributed by atoms with Gasteiger partial charge >= 0.3 is 0 Å². The lowest BCUT2D eigenvalue weighted by molar-refractivity contribution is 0.394. The van der Waals surface area contributed by atoms with Crippen LogP contribution in [0.25, 0.3) is 0 Å². The average molecular weight is 273 g/mol. The summed E-state index contributed by atoms with van der Waals surface area (Å²) in [5.74, 6) is 0.838. The smallest absolute Gasteiger partial charge is 0.161 e. The molecule has 2 aromatic rings. The predicted molar refractivity (Wildman–Crippen MR) is 81.1 cm³/mol. The number of nitrogens with one attached hydrogen (secondary N) is 1. The number of methoxy groups -OCH3 is 1. The van der Waals surface area contributed by atoms with Crippen molar-refractivity contribution in [2.24, 2.45) is 7.05 Å². The molecule has 0 radical (unpaired) electrons. The monoisotopic (exact) mass is 273 g/mol. The van der Waals surface area contributed by atoms with Gasteiger partial charge in [-0.1, -0.05) is 36.8 Å². The molecule has 2 rings (SSSR count). The second-order valence-corrected chi connectivity index (χ2v) is 5.02. The van der Waals surface area contributed by atoms with Crippen molar-refractivity contribution in [1.29, 1.82) is 0 Å². The molecule has 0 aliphatic heterocycles. The first kappa shape index (κ1) is 14.6. The van der Waals surface area contributed by atoms with Crippen molar-refractivity contribution in [1.82, 2.24) is 15.1 Å². The molecule has 1 unspecified atom stereocenters. The molecule has 0 saturated carbocycles. The van der Waals surface area contributed by atoms with E-state index in [0.29, 0.717) is 0 Å². The number of hydrogen-bond acceptors (Lipinski definition) is 3. The van der Waals surface area contributed by atoms with Gasteiger partial charge in [-0.2, -0.15) is 5.10 Å². The van der Waals surface area contributed by atoms with E-state index in [9.17, 15) is 0 Å². The standard InChI is InChI=1S/C16H23N3O/c1-5-17-14(10-13-8-6-12(2)7-9-13)16-15(20-4)11-18-19(16)3/h6-9,11,14,17H,5,10H2,1-4H3. The van der Waals surface area contributed by atoms with E-state index in [0.717, 1.165) is 24.4 Å². The molecule has 108 valence electrons. The second kappa shape index (κ2) is 6.57. The van der Waals surface area contributed by atoms with Crippen molar-refractivity contribution in [3.8, 4) is 5.75 Å². The highest BCUT2D eigenvalue weighted by molar-refractivity contribution is 5.31. The maximum absolute atomic E-state index is 5.43. The van der Waals surface area contributed by atoms with Crippen LogP contribution in [0.15, 0.2) is 30.5 Å². The fourth-order valence-corrected chi connectivity index (χ4v) is 2.45. The van der Waals surface area contributed by atoms with Crippen LogP contribution >= 0.6 is 0 Å². The summed E-state index contributed by atoms with van der Waals surface area (Å²) in [6, 6.07) is 8.87. The first-order chi connectivity index (χ1) is 9.65. The lowest BCUT2D eigenvalue weighted by Crippen LogP contribution is -2.25. The molecule has 0 bridgehead atoms. The molecular weight excluding hydrogens is 250 g/mol. The van der Waals surface area contributed by atoms with Crippen LogP contribution in [0.3, 0.4) is 0 Å². The van der Waals surface area contributed by atoms with Crippen LogP contribution in [0.2, 0.25) is 0 Å². The summed E-state index contributed by atoms with van der Waals surface area (Å²) in [6.45, 7) is 5.13. The van der Waals surface area contributed by atoms with E-state index in [4.69, 9.17) is 4.74 Å². The number of hydrogen-bond donors (Lipinski definition) is 1. The van der Waals surface area contributed by atoms with E-state index in [1.165, 1.54) is 11.1 Å². The van der Waals surface area contributed by atoms with E-state index in [1.807, 2.05) is 11.7 Å². The van der Waals surface area contributed by atoms with Crippen LogP contribution in [0, 0.1) is 6.92 Å². The van der Waals surface area contributed by atoms with Gasteiger partial charge in [0.15, 0.2) is 5.75 Å². The highest BCUT2D eigenvalue weighted by Crippen LogP contribution is 2.27. The quantitative estimate of drug-likeness (QED) is 0.879. The Bertz CT molecular complexity index is 545. The summed E-state index contributed by atoms with van der Waals surface area (Å²) in [5, 5.41) is 7.82. The van der Waals surface area contributed by atoms with Crippen LogP contribution in [-0.4, -0.2) is 23.4 Å². The second-order valence-electron chi connectivity index (χ2n) is 5.02. The molecule has 0 aliphatic carbocycles. The molecule has 1 aromatic carbocycles. The Kier molecular flexibility index (Phi) is 4.79. The van der Waals surface area contributed by atoms with Crippen LogP contribution in [-0.2, 0) is 13.5 Å². The van der Waals surface area contributed by atoms with Gasteiger partial charge in [0, 0.05) is 7.05 Å². The molecule has 0 saturated heterocycles. The summed E-state index contributed by atoms with van der Waals surface area (Å²) in [7, 11) is 3.65. The molecule has 4 heteroatoms. The molecule has 4 nitrogen and oxygen atoms in total. The molecule has 1 aromatic heterocycles. The zero-order chi connectivity index (χ0) is 14.5. The Morgan fingerprint density at radius 2 is 2.00 bits per heavy atom. The van der Waals surface area contributed by atoms with Crippen molar-refractivity contribution < 1.29 is 4.74 Å². The molecular formula is C16H23N3O. The summed E-state index contributed by atoms with van der Waals surface area (Å²) in [6.07, 6.45) is 2.69. The Morgan fingerprint density at radius 1 is 1.30 bits per heavy atom. The molecule has 0 amide bonds. The number of rotatable bonds is 6. The minimum absolute atomic E-state index is 0.199. The third-order valence-corrected chi connectivity index (χ3v) is 3.51. The molecule has 0 spiro atoms. The third-order valence-electron chi connectivity index (χ3n) is 3.51. The van der Waals surface area contributed by atoms with Gasteiger partial charge in [0.1, 0.15) is 0 Å². The van der Waals surface area contributed by atoms with Crippen LogP contribution < -0.4 is 10.1 Å². The summed E-state index contributed by atoms with van der Waals surface area (Å²) < 4.78 is 7.32. The fourth-order valence-electron chi connectivity index (χ4n) is 2.45. The molecule has 1 N–H and O–H groups in total. The first-order valence-corrected chi connectivity index (χ1v) is 7.00. The van der Waals surface area contributed by atoms with Gasteiger partial charge < -0.3 is 10.1 Å². The number of likely N-dealkylation sites (N-methyl/N-ethyl adjacent to an activating group) is 1. The normalized spacial score (nSPS) is 12.4. The molecule has 20 heavy (non-hydrogen) atoms. The number of nitrogens with zero attached hydrogens (tertiary/aromatic N) is 2. The van der Waals surface area contributed by atoms with Gasteiger partial charge in [-0.15, -0.1) is 0 Å². The maximum atomic E-state index is 5.43. The molecule has 1 heterocycles. The van der Waals surface area contributed by atoms with Gasteiger partial charge in [-0.05, 0) is 25.5 Å². The lowest BCUT2D eigenvalue weighted by Gasteiger charge is -2.19. The topological polar surface area (TPSA) is 39.1 Å². The molecule has 0 aliphatic rings. The minimum Gasteiger partial charge on any atom is -0.493 e.